The van der Waals surface area contributed by atoms with Crippen LogP contribution in [0.2, 0.25) is 0 Å². The van der Waals surface area contributed by atoms with Crippen molar-refractivity contribution >= 4 is 32.0 Å². The van der Waals surface area contributed by atoms with Crippen LogP contribution in [0.5, 0.6) is 11.5 Å². The molecule has 6 atom stereocenters. The Kier molecular flexibility index (Phi) is 18.9. The van der Waals surface area contributed by atoms with E-state index in [1.165, 1.54) is 8.61 Å². The number of benzene rings is 4. The fraction of sp³-hybridized carbons (Fsp3) is 0.464. The van der Waals surface area contributed by atoms with Crippen molar-refractivity contribution in [3.05, 3.63) is 142 Å². The first-order valence-electron chi connectivity index (χ1n) is 26.2. The first kappa shape index (κ1) is 57.2. The van der Waals surface area contributed by atoms with Crippen LogP contribution < -0.4 is 9.47 Å². The van der Waals surface area contributed by atoms with Gasteiger partial charge in [-0.05, 0) is 123 Å². The fourth-order valence-corrected chi connectivity index (χ4v) is 12.9. The van der Waals surface area contributed by atoms with Crippen LogP contribution in [0.3, 0.4) is 0 Å². The van der Waals surface area contributed by atoms with E-state index in [0.29, 0.717) is 50.3 Å². The normalized spacial score (nSPS) is 18.7. The molecule has 2 aliphatic heterocycles. The Labute approximate surface area is 447 Å². The Morgan fingerprint density at radius 1 is 0.605 bits per heavy atom. The highest BCUT2D eigenvalue weighted by Gasteiger charge is 2.36. The molecule has 0 radical (unpaired) electrons. The molecule has 6 aromatic rings. The molecule has 8 rings (SSSR count). The fourth-order valence-electron chi connectivity index (χ4n) is 9.80. The molecule has 0 saturated heterocycles. The number of aliphatic carboxylic acids is 2. The van der Waals surface area contributed by atoms with Crippen LogP contribution in [0.15, 0.2) is 107 Å². The van der Waals surface area contributed by atoms with E-state index in [1.807, 2.05) is 104 Å². The molecule has 0 spiro atoms. The van der Waals surface area contributed by atoms with E-state index in [2.05, 4.69) is 20.6 Å². The summed E-state index contributed by atoms with van der Waals surface area (Å²) in [6.07, 6.45) is 5.70. The number of hydrogen-bond acceptors (Lipinski definition) is 12. The molecule has 0 aliphatic carbocycles. The highest BCUT2D eigenvalue weighted by atomic mass is 32.2. The van der Waals surface area contributed by atoms with Crippen molar-refractivity contribution in [3.8, 4) is 11.5 Å². The van der Waals surface area contributed by atoms with Gasteiger partial charge in [-0.15, -0.1) is 10.2 Å². The average molecular weight is 1080 g/mol. The Morgan fingerprint density at radius 3 is 1.33 bits per heavy atom. The van der Waals surface area contributed by atoms with Crippen molar-refractivity contribution < 1.29 is 46.1 Å². The summed E-state index contributed by atoms with van der Waals surface area (Å²) >= 11 is 0. The summed E-state index contributed by atoms with van der Waals surface area (Å²) in [6.45, 7) is 18.1. The number of carbonyl (C=O) groups is 2. The predicted octanol–water partition coefficient (Wildman–Crippen LogP) is 9.44. The molecule has 20 heteroatoms. The minimum absolute atomic E-state index is 0.00866. The number of aromatic nitrogens is 6. The van der Waals surface area contributed by atoms with E-state index in [0.717, 1.165) is 44.8 Å². The lowest BCUT2D eigenvalue weighted by Crippen LogP contribution is -2.36. The number of carboxylic acid groups (broad SMARTS) is 2. The van der Waals surface area contributed by atoms with Crippen molar-refractivity contribution in [3.63, 3.8) is 0 Å². The molecule has 4 aromatic carbocycles. The van der Waals surface area contributed by atoms with Crippen molar-refractivity contribution in [1.29, 1.82) is 0 Å². The predicted molar refractivity (Wildman–Crippen MR) is 287 cm³/mol. The molecule has 18 nitrogen and oxygen atoms in total. The maximum Gasteiger partial charge on any atom is 0.303 e. The van der Waals surface area contributed by atoms with E-state index in [4.69, 9.17) is 9.47 Å². The van der Waals surface area contributed by atoms with Gasteiger partial charge in [0.15, 0.2) is 0 Å². The third-order valence-corrected chi connectivity index (χ3v) is 18.2. The smallest absolute Gasteiger partial charge is 0.303 e. The van der Waals surface area contributed by atoms with Gasteiger partial charge in [-0.3, -0.25) is 19.0 Å². The van der Waals surface area contributed by atoms with E-state index in [9.17, 15) is 36.6 Å². The molecule has 408 valence electrons. The molecule has 0 amide bonds. The second-order valence-corrected chi connectivity index (χ2v) is 23.8. The van der Waals surface area contributed by atoms with E-state index in [1.54, 1.807) is 57.9 Å². The first-order valence-corrected chi connectivity index (χ1v) is 29.1. The molecule has 4 heterocycles. The molecule has 0 fully saturated rings. The lowest BCUT2D eigenvalue weighted by molar-refractivity contribution is -0.138. The summed E-state index contributed by atoms with van der Waals surface area (Å²) in [4.78, 5) is 23.9. The third kappa shape index (κ3) is 13.7. The zero-order valence-corrected chi connectivity index (χ0v) is 46.4. The van der Waals surface area contributed by atoms with Crippen molar-refractivity contribution in [2.45, 2.75) is 166 Å². The van der Waals surface area contributed by atoms with Gasteiger partial charge >= 0.3 is 11.9 Å². The van der Waals surface area contributed by atoms with Crippen molar-refractivity contribution in [1.82, 2.24) is 38.6 Å². The van der Waals surface area contributed by atoms with E-state index in [-0.39, 0.29) is 84.7 Å². The first-order chi connectivity index (χ1) is 36.2. The summed E-state index contributed by atoms with van der Waals surface area (Å²) in [5.41, 5.74) is 6.99. The van der Waals surface area contributed by atoms with Gasteiger partial charge in [0.1, 0.15) is 33.5 Å². The lowest BCUT2D eigenvalue weighted by atomic mass is 9.85. The largest absolute Gasteiger partial charge is 0.488 e. The summed E-state index contributed by atoms with van der Waals surface area (Å²) < 4.78 is 73.2. The van der Waals surface area contributed by atoms with Gasteiger partial charge < -0.3 is 19.7 Å². The zero-order chi connectivity index (χ0) is 54.9. The van der Waals surface area contributed by atoms with Gasteiger partial charge in [-0.2, -0.15) is 8.61 Å². The molecular weight excluding hydrogens is 1010 g/mol. The van der Waals surface area contributed by atoms with Gasteiger partial charge in [0.25, 0.3) is 0 Å². The van der Waals surface area contributed by atoms with E-state index >= 15 is 0 Å². The minimum Gasteiger partial charge on any atom is -0.488 e. The topological polar surface area (TPSA) is 229 Å². The van der Waals surface area contributed by atoms with Crippen LogP contribution >= 0.6 is 0 Å². The van der Waals surface area contributed by atoms with Crippen LogP contribution in [-0.2, 0) is 55.8 Å². The molecular formula is C56H72N8O10S2. The number of hydrogen-bond donors (Lipinski definition) is 2. The number of carboxylic acids is 2. The molecule has 2 aromatic heterocycles. The maximum atomic E-state index is 13.6. The molecule has 0 saturated carbocycles. The van der Waals surface area contributed by atoms with Gasteiger partial charge in [0.2, 0.25) is 20.0 Å². The van der Waals surface area contributed by atoms with Crippen LogP contribution in [0.1, 0.15) is 149 Å². The zero-order valence-electron chi connectivity index (χ0n) is 44.7. The highest BCUT2D eigenvalue weighted by molar-refractivity contribution is 7.89. The summed E-state index contributed by atoms with van der Waals surface area (Å²) in [7, 11) is -7.58. The Balaban J connectivity index is 0.000000221. The van der Waals surface area contributed by atoms with E-state index < -0.39 is 32.0 Å². The van der Waals surface area contributed by atoms with Gasteiger partial charge in [-0.25, -0.2) is 16.8 Å². The quantitative estimate of drug-likeness (QED) is 0.0726. The summed E-state index contributed by atoms with van der Waals surface area (Å²) in [6, 6.07) is 25.2. The van der Waals surface area contributed by atoms with Crippen molar-refractivity contribution in [2.75, 3.05) is 13.1 Å². The number of ether oxygens (including phenoxy) is 2. The van der Waals surface area contributed by atoms with Crippen LogP contribution in [-0.4, -0.2) is 103 Å². The van der Waals surface area contributed by atoms with Gasteiger partial charge in [0.05, 0.1) is 37.3 Å². The number of aryl methyl sites for hydroxylation is 4. The van der Waals surface area contributed by atoms with Crippen LogP contribution in [0.25, 0.3) is 0 Å². The average Bonchev–Trinajstić information content (AvgIpc) is 4.06. The summed E-state index contributed by atoms with van der Waals surface area (Å²) in [5.74, 6) is -1.51. The number of rotatable bonds is 20. The molecule has 76 heavy (non-hydrogen) atoms. The van der Waals surface area contributed by atoms with Gasteiger partial charge in [0, 0.05) is 50.4 Å². The molecule has 2 aliphatic rings. The number of nitrogens with zero attached hydrogens (tertiary/aromatic N) is 8. The number of para-hydroxylation sites is 2. The molecule has 4 unspecified atom stereocenters. The second-order valence-electron chi connectivity index (χ2n) is 20.0. The Morgan fingerprint density at radius 2 is 0.987 bits per heavy atom. The maximum absolute atomic E-state index is 13.6. The molecule has 2 N–H and O–H groups in total. The summed E-state index contributed by atoms with van der Waals surface area (Å²) in [5, 5.41) is 36.1. The minimum atomic E-state index is -3.79. The lowest BCUT2D eigenvalue weighted by Gasteiger charge is -2.25. The van der Waals surface area contributed by atoms with Crippen molar-refractivity contribution in [2.24, 2.45) is 0 Å². The number of sulfonamides is 2. The Bertz CT molecular complexity index is 2990. The monoisotopic (exact) mass is 1080 g/mol. The van der Waals surface area contributed by atoms with Crippen LogP contribution in [0, 0.1) is 13.8 Å². The second kappa shape index (κ2) is 25.1. The Hall–Kier alpha value is -6.48. The third-order valence-electron chi connectivity index (χ3n) is 14.5. The van der Waals surface area contributed by atoms with Crippen LogP contribution in [0.4, 0.5) is 0 Å². The highest BCUT2D eigenvalue weighted by Crippen LogP contribution is 2.38. The molecule has 0 bridgehead atoms. The van der Waals surface area contributed by atoms with Gasteiger partial charge in [-0.1, -0.05) is 98.8 Å². The SMILES string of the molecule is CC[C@@H]1CN(Cc2cc(C(CC(=O)O)CC(C)c3cn(CC)nn3)ccc2C)S(=O)(=O)c2ccccc2O1.CC[C@@H]1CN(Cc2cc(C(CC(=O)O)CC(C)c3cn(CC)nn3)ccc2C)S(=O)(=O)c2ccccc2O1. The standard InChI is InChI=1S/2C28H36N4O5S/c2*1-5-24-17-32(38(35,36)27-10-8-7-9-26(27)37-24)16-23-14-21(12-11-19(23)3)22(15-28(33)34)13-20(4)25-18-31(6-2)30-29-25/h2*7-12,14,18,20,22,24H,5-6,13,15-17H2,1-4H3,(H,33,34)/t2*20?,22?,24-/m11/s1. The number of fused-ring (bicyclic) bond motifs is 2.